The molecule has 1 amide bonds. The highest BCUT2D eigenvalue weighted by molar-refractivity contribution is 8.00. The van der Waals surface area contributed by atoms with Crippen molar-refractivity contribution >= 4 is 50.0 Å². The average Bonchev–Trinajstić information content (AvgIpc) is 3.01. The maximum atomic E-state index is 13.1. The van der Waals surface area contributed by atoms with E-state index >= 15 is 0 Å². The monoisotopic (exact) mass is 405 g/mol. The van der Waals surface area contributed by atoms with Crippen LogP contribution in [0.4, 0.5) is 15.2 Å². The van der Waals surface area contributed by atoms with Gasteiger partial charge in [0.15, 0.2) is 4.34 Å². The molecule has 0 atom stereocenters. The van der Waals surface area contributed by atoms with Gasteiger partial charge in [-0.2, -0.15) is 12.7 Å². The summed E-state index contributed by atoms with van der Waals surface area (Å²) in [5.41, 5.74) is 0.173. The molecule has 0 unspecified atom stereocenters. The van der Waals surface area contributed by atoms with E-state index in [2.05, 4.69) is 15.5 Å². The third-order valence-electron chi connectivity index (χ3n) is 2.97. The number of thioether (sulfide) groups is 1. The fourth-order valence-electron chi connectivity index (χ4n) is 1.74. The molecule has 0 radical (unpaired) electrons. The zero-order valence-electron chi connectivity index (χ0n) is 13.6. The van der Waals surface area contributed by atoms with E-state index in [1.807, 2.05) is 6.26 Å². The van der Waals surface area contributed by atoms with Crippen LogP contribution in [0, 0.1) is 5.82 Å². The first-order valence-corrected chi connectivity index (χ1v) is 10.3. The van der Waals surface area contributed by atoms with Crippen LogP contribution in [0.25, 0.3) is 0 Å². The lowest BCUT2D eigenvalue weighted by molar-refractivity contribution is -0.114. The summed E-state index contributed by atoms with van der Waals surface area (Å²) >= 11 is 2.56. The lowest BCUT2D eigenvalue weighted by atomic mass is 10.3. The first-order valence-electron chi connectivity index (χ1n) is 6.87. The molecule has 1 aromatic heterocycles. The van der Waals surface area contributed by atoms with Crippen molar-refractivity contribution in [1.29, 1.82) is 0 Å². The van der Waals surface area contributed by atoms with Crippen LogP contribution in [-0.4, -0.2) is 55.7 Å². The highest BCUT2D eigenvalue weighted by Crippen LogP contribution is 2.24. The topological polar surface area (TPSA) is 95.5 Å². The Morgan fingerprint density at radius 1 is 1.28 bits per heavy atom. The normalized spacial score (nSPS) is 11.6. The predicted octanol–water partition coefficient (Wildman–Crippen LogP) is 1.65. The SMILES string of the molecule is CSc1nnc(NC(=O)CN(c2ccc(F)cc2)S(=O)(=O)N(C)C)s1. The van der Waals surface area contributed by atoms with Crippen molar-refractivity contribution in [1.82, 2.24) is 14.5 Å². The second kappa shape index (κ2) is 8.08. The molecule has 0 aliphatic heterocycles. The quantitative estimate of drug-likeness (QED) is 0.556. The molecule has 0 aliphatic rings. The predicted molar refractivity (Wildman–Crippen MR) is 96.7 cm³/mol. The van der Waals surface area contributed by atoms with E-state index in [-0.39, 0.29) is 10.8 Å². The van der Waals surface area contributed by atoms with E-state index < -0.39 is 28.5 Å². The molecular weight excluding hydrogens is 389 g/mol. The van der Waals surface area contributed by atoms with E-state index in [1.54, 1.807) is 0 Å². The number of hydrogen-bond donors (Lipinski definition) is 1. The number of benzene rings is 1. The van der Waals surface area contributed by atoms with Crippen LogP contribution in [0.2, 0.25) is 0 Å². The molecule has 2 rings (SSSR count). The number of anilines is 2. The number of rotatable bonds is 7. The molecule has 0 bridgehead atoms. The molecule has 0 fully saturated rings. The van der Waals surface area contributed by atoms with Gasteiger partial charge in [-0.1, -0.05) is 23.1 Å². The van der Waals surface area contributed by atoms with Crippen LogP contribution in [0.15, 0.2) is 28.6 Å². The summed E-state index contributed by atoms with van der Waals surface area (Å²) in [6.45, 7) is -0.486. The number of carbonyl (C=O) groups excluding carboxylic acids is 1. The van der Waals surface area contributed by atoms with Gasteiger partial charge in [-0.05, 0) is 30.5 Å². The summed E-state index contributed by atoms with van der Waals surface area (Å²) in [6, 6.07) is 4.84. The van der Waals surface area contributed by atoms with Crippen LogP contribution in [-0.2, 0) is 15.0 Å². The van der Waals surface area contributed by atoms with Crippen molar-refractivity contribution in [3.63, 3.8) is 0 Å². The van der Waals surface area contributed by atoms with Crippen molar-refractivity contribution < 1.29 is 17.6 Å². The minimum absolute atomic E-state index is 0.173. The number of carbonyl (C=O) groups is 1. The number of aromatic nitrogens is 2. The molecular formula is C13H16FN5O3S3. The fraction of sp³-hybridized carbons (Fsp3) is 0.308. The largest absolute Gasteiger partial charge is 0.304 e. The van der Waals surface area contributed by atoms with E-state index in [0.717, 1.165) is 20.7 Å². The highest BCUT2D eigenvalue weighted by atomic mass is 32.2. The van der Waals surface area contributed by atoms with E-state index in [1.165, 1.54) is 49.3 Å². The Hall–Kier alpha value is -1.76. The molecule has 25 heavy (non-hydrogen) atoms. The molecule has 1 aromatic carbocycles. The van der Waals surface area contributed by atoms with Gasteiger partial charge in [0.1, 0.15) is 12.4 Å². The van der Waals surface area contributed by atoms with Gasteiger partial charge in [0.2, 0.25) is 11.0 Å². The fourth-order valence-corrected chi connectivity index (χ4v) is 3.99. The maximum Gasteiger partial charge on any atom is 0.304 e. The Balaban J connectivity index is 2.23. The first kappa shape index (κ1) is 19.6. The zero-order valence-corrected chi connectivity index (χ0v) is 16.1. The first-order chi connectivity index (χ1) is 11.7. The molecule has 1 heterocycles. The minimum atomic E-state index is -3.95. The van der Waals surface area contributed by atoms with E-state index in [0.29, 0.717) is 4.34 Å². The number of nitrogens with one attached hydrogen (secondary N) is 1. The van der Waals surface area contributed by atoms with E-state index in [4.69, 9.17) is 0 Å². The van der Waals surface area contributed by atoms with Crippen LogP contribution in [0.1, 0.15) is 0 Å². The van der Waals surface area contributed by atoms with Gasteiger partial charge < -0.3 is 0 Å². The zero-order chi connectivity index (χ0) is 18.6. The maximum absolute atomic E-state index is 13.1. The van der Waals surface area contributed by atoms with Gasteiger partial charge in [-0.25, -0.2) is 8.70 Å². The smallest absolute Gasteiger partial charge is 0.299 e. The molecule has 0 saturated heterocycles. The number of hydrogen-bond acceptors (Lipinski definition) is 7. The van der Waals surface area contributed by atoms with Gasteiger partial charge >= 0.3 is 10.2 Å². The second-order valence-electron chi connectivity index (χ2n) is 4.90. The Morgan fingerprint density at radius 3 is 2.44 bits per heavy atom. The van der Waals surface area contributed by atoms with Gasteiger partial charge in [-0.15, -0.1) is 10.2 Å². The number of amides is 1. The Kier molecular flexibility index (Phi) is 6.32. The molecule has 0 spiro atoms. The van der Waals surface area contributed by atoms with Gasteiger partial charge in [-0.3, -0.25) is 10.1 Å². The Labute approximate surface area is 153 Å². The van der Waals surface area contributed by atoms with Gasteiger partial charge in [0.05, 0.1) is 5.69 Å². The molecule has 2 aromatic rings. The van der Waals surface area contributed by atoms with Crippen molar-refractivity contribution in [2.45, 2.75) is 4.34 Å². The summed E-state index contributed by atoms with van der Waals surface area (Å²) in [7, 11) is -1.25. The average molecular weight is 406 g/mol. The summed E-state index contributed by atoms with van der Waals surface area (Å²) in [5.74, 6) is -1.09. The Morgan fingerprint density at radius 2 is 1.92 bits per heavy atom. The lowest BCUT2D eigenvalue weighted by Gasteiger charge is -2.26. The summed E-state index contributed by atoms with van der Waals surface area (Å²) in [4.78, 5) is 12.3. The Bertz CT molecular complexity index is 839. The third-order valence-corrected chi connectivity index (χ3v) is 6.60. The van der Waals surface area contributed by atoms with Crippen LogP contribution in [0.3, 0.4) is 0 Å². The molecule has 12 heteroatoms. The minimum Gasteiger partial charge on any atom is -0.299 e. The standard InChI is InChI=1S/C13H16FN5O3S3/c1-18(2)25(21,22)19(10-6-4-9(14)5-7-10)8-11(20)15-12-16-17-13(23-3)24-12/h4-7H,8H2,1-3H3,(H,15,16,20). The number of nitrogens with zero attached hydrogens (tertiary/aromatic N) is 4. The van der Waals surface area contributed by atoms with Crippen LogP contribution >= 0.6 is 23.1 Å². The van der Waals surface area contributed by atoms with Crippen molar-refractivity contribution in [2.24, 2.45) is 0 Å². The molecule has 0 aliphatic carbocycles. The third kappa shape index (κ3) is 4.87. The van der Waals surface area contributed by atoms with Gasteiger partial charge in [0, 0.05) is 14.1 Å². The summed E-state index contributed by atoms with van der Waals surface area (Å²) < 4.78 is 40.7. The van der Waals surface area contributed by atoms with Crippen molar-refractivity contribution in [3.8, 4) is 0 Å². The highest BCUT2D eigenvalue weighted by Gasteiger charge is 2.27. The number of halogens is 1. The molecule has 0 saturated carbocycles. The lowest BCUT2D eigenvalue weighted by Crippen LogP contribution is -2.44. The van der Waals surface area contributed by atoms with Crippen molar-refractivity contribution in [2.75, 3.05) is 36.5 Å². The van der Waals surface area contributed by atoms with Crippen molar-refractivity contribution in [3.05, 3.63) is 30.1 Å². The molecule has 136 valence electrons. The molecule has 8 nitrogen and oxygen atoms in total. The molecule has 1 N–H and O–H groups in total. The summed E-state index contributed by atoms with van der Waals surface area (Å²) in [5, 5.41) is 10.4. The van der Waals surface area contributed by atoms with Crippen LogP contribution in [0.5, 0.6) is 0 Å². The van der Waals surface area contributed by atoms with E-state index in [9.17, 15) is 17.6 Å². The van der Waals surface area contributed by atoms with Gasteiger partial charge in [0.25, 0.3) is 0 Å². The van der Waals surface area contributed by atoms with Crippen LogP contribution < -0.4 is 9.62 Å². The summed E-state index contributed by atoms with van der Waals surface area (Å²) in [6.07, 6.45) is 1.83. The second-order valence-corrected chi connectivity index (χ2v) is 9.00.